The second-order valence-corrected chi connectivity index (χ2v) is 4.56. The molecule has 0 aliphatic carbocycles. The second-order valence-electron chi connectivity index (χ2n) is 4.56. The number of nitrogens with zero attached hydrogens (tertiary/aromatic N) is 2. The zero-order valence-corrected chi connectivity index (χ0v) is 11.3. The molecule has 7 nitrogen and oxygen atoms in total. The van der Waals surface area contributed by atoms with Crippen molar-refractivity contribution in [2.45, 2.75) is 13.5 Å². The molecule has 2 N–H and O–H groups in total. The van der Waals surface area contributed by atoms with Crippen LogP contribution >= 0.6 is 0 Å². The highest BCUT2D eigenvalue weighted by molar-refractivity contribution is 6.06. The molecule has 0 aliphatic heterocycles. The third-order valence-corrected chi connectivity index (χ3v) is 3.18. The Hall–Kier alpha value is -2.83. The van der Waals surface area contributed by atoms with E-state index in [0.29, 0.717) is 23.3 Å². The van der Waals surface area contributed by atoms with E-state index in [-0.39, 0.29) is 0 Å². The largest absolute Gasteiger partial charge is 0.494 e. The molecule has 2 aromatic heterocycles. The highest BCUT2D eigenvalue weighted by atomic mass is 16.5. The van der Waals surface area contributed by atoms with E-state index < -0.39 is 18.1 Å². The Bertz CT molecular complexity index is 894. The van der Waals surface area contributed by atoms with Crippen molar-refractivity contribution in [3.05, 3.63) is 34.7 Å². The molecule has 3 rings (SSSR count). The molecule has 0 fully saturated rings. The van der Waals surface area contributed by atoms with Crippen molar-refractivity contribution in [3.63, 3.8) is 0 Å². The number of fused-ring (bicyclic) bond motifs is 3. The average Bonchev–Trinajstić information content (AvgIpc) is 2.81. The zero-order valence-electron chi connectivity index (χ0n) is 11.3. The number of rotatable bonds is 4. The molecule has 0 bridgehead atoms. The summed E-state index contributed by atoms with van der Waals surface area (Å²) in [5, 5.41) is 14.2. The monoisotopic (exact) mass is 287 g/mol. The molecule has 0 amide bonds. The lowest BCUT2D eigenvalue weighted by molar-refractivity contribution is -0.137. The molecule has 0 saturated carbocycles. The summed E-state index contributed by atoms with van der Waals surface area (Å²) in [6, 6.07) is 5.46. The van der Waals surface area contributed by atoms with Crippen LogP contribution in [0.1, 0.15) is 6.92 Å². The molecule has 2 heterocycles. The summed E-state index contributed by atoms with van der Waals surface area (Å²) in [5.74, 6) is -0.403. The van der Waals surface area contributed by atoms with Crippen LogP contribution in [0.5, 0.6) is 5.75 Å². The lowest BCUT2D eigenvalue weighted by Crippen LogP contribution is -2.26. The van der Waals surface area contributed by atoms with Crippen molar-refractivity contribution < 1.29 is 14.6 Å². The lowest BCUT2D eigenvalue weighted by atomic mass is 10.2. The van der Waals surface area contributed by atoms with Crippen LogP contribution in [0.25, 0.3) is 21.8 Å². The quantitative estimate of drug-likeness (QED) is 0.755. The van der Waals surface area contributed by atoms with Crippen molar-refractivity contribution in [1.29, 1.82) is 0 Å². The van der Waals surface area contributed by atoms with E-state index in [1.807, 2.05) is 25.1 Å². The number of hydrogen-bond donors (Lipinski definition) is 2. The predicted octanol–water partition coefficient (Wildman–Crippen LogP) is 1.36. The van der Waals surface area contributed by atoms with Gasteiger partial charge in [0.2, 0.25) is 0 Å². The number of carbonyl (C=O) groups is 1. The van der Waals surface area contributed by atoms with Gasteiger partial charge in [-0.15, -0.1) is 0 Å². The molecule has 0 spiro atoms. The van der Waals surface area contributed by atoms with E-state index >= 15 is 0 Å². The highest BCUT2D eigenvalue weighted by Gasteiger charge is 2.12. The fourth-order valence-electron chi connectivity index (χ4n) is 2.30. The first-order valence-electron chi connectivity index (χ1n) is 6.46. The number of carboxylic acids is 1. The third kappa shape index (κ3) is 2.22. The normalized spacial score (nSPS) is 11.1. The fraction of sp³-hybridized carbons (Fsp3) is 0.214. The number of aliphatic carboxylic acids is 1. The van der Waals surface area contributed by atoms with E-state index in [1.165, 1.54) is 6.20 Å². The Labute approximate surface area is 118 Å². The van der Waals surface area contributed by atoms with Crippen LogP contribution in [-0.4, -0.2) is 32.4 Å². The Morgan fingerprint density at radius 2 is 2.24 bits per heavy atom. The maximum Gasteiger partial charge on any atom is 0.325 e. The second kappa shape index (κ2) is 4.93. The summed E-state index contributed by atoms with van der Waals surface area (Å²) in [7, 11) is 0. The molecule has 0 unspecified atom stereocenters. The molecular weight excluding hydrogens is 274 g/mol. The van der Waals surface area contributed by atoms with E-state index in [1.54, 1.807) is 0 Å². The van der Waals surface area contributed by atoms with Crippen LogP contribution in [0.4, 0.5) is 0 Å². The van der Waals surface area contributed by atoms with Crippen molar-refractivity contribution in [2.75, 3.05) is 6.61 Å². The molecule has 0 saturated heterocycles. The number of aromatic nitrogens is 3. The highest BCUT2D eigenvalue weighted by Crippen LogP contribution is 2.26. The van der Waals surface area contributed by atoms with Gasteiger partial charge in [0.1, 0.15) is 17.8 Å². The van der Waals surface area contributed by atoms with Gasteiger partial charge in [0, 0.05) is 16.3 Å². The molecule has 0 radical (unpaired) electrons. The minimum Gasteiger partial charge on any atom is -0.494 e. The first-order chi connectivity index (χ1) is 10.1. The average molecular weight is 287 g/mol. The van der Waals surface area contributed by atoms with E-state index in [4.69, 9.17) is 9.84 Å². The summed E-state index contributed by atoms with van der Waals surface area (Å²) in [6.07, 6.45) is 1.49. The third-order valence-electron chi connectivity index (χ3n) is 3.18. The van der Waals surface area contributed by atoms with Gasteiger partial charge in [0.25, 0.3) is 5.56 Å². The molecule has 1 aromatic carbocycles. The molecule has 0 aliphatic rings. The summed E-state index contributed by atoms with van der Waals surface area (Å²) in [6.45, 7) is 1.98. The van der Waals surface area contributed by atoms with Crippen molar-refractivity contribution in [1.82, 2.24) is 14.8 Å². The SMILES string of the molecule is CCOc1ccc2[nH]c3c(=O)n(CC(=O)O)ncc3c2c1. The molecular formula is C14H13N3O4. The molecule has 108 valence electrons. The van der Waals surface area contributed by atoms with Crippen LogP contribution in [0.2, 0.25) is 0 Å². The van der Waals surface area contributed by atoms with Crippen molar-refractivity contribution >= 4 is 27.8 Å². The van der Waals surface area contributed by atoms with Gasteiger partial charge in [0.05, 0.1) is 12.8 Å². The van der Waals surface area contributed by atoms with Gasteiger partial charge in [0.15, 0.2) is 0 Å². The minimum atomic E-state index is -1.11. The van der Waals surface area contributed by atoms with E-state index in [9.17, 15) is 9.59 Å². The van der Waals surface area contributed by atoms with Gasteiger partial charge in [-0.2, -0.15) is 5.10 Å². The van der Waals surface area contributed by atoms with Crippen LogP contribution in [0.15, 0.2) is 29.2 Å². The predicted molar refractivity (Wildman–Crippen MR) is 76.7 cm³/mol. The van der Waals surface area contributed by atoms with Crippen LogP contribution in [-0.2, 0) is 11.3 Å². The number of ether oxygens (including phenoxy) is 1. The van der Waals surface area contributed by atoms with Gasteiger partial charge in [-0.3, -0.25) is 9.59 Å². The first kappa shape index (κ1) is 13.2. The first-order valence-corrected chi connectivity index (χ1v) is 6.46. The van der Waals surface area contributed by atoms with Gasteiger partial charge in [-0.25, -0.2) is 4.68 Å². The number of benzene rings is 1. The topological polar surface area (TPSA) is 97.2 Å². The number of H-pyrrole nitrogens is 1. The standard InChI is InChI=1S/C14H13N3O4/c1-2-21-8-3-4-11-9(5-8)10-6-15-17(7-12(18)19)14(20)13(10)16-11/h3-6,16H,2,7H2,1H3,(H,18,19). The minimum absolute atomic E-state index is 0.342. The summed E-state index contributed by atoms with van der Waals surface area (Å²) in [5.41, 5.74) is 0.666. The van der Waals surface area contributed by atoms with Crippen molar-refractivity contribution in [2.24, 2.45) is 0 Å². The van der Waals surface area contributed by atoms with E-state index in [0.717, 1.165) is 15.6 Å². The fourth-order valence-corrected chi connectivity index (χ4v) is 2.30. The number of carboxylic acid groups (broad SMARTS) is 1. The van der Waals surface area contributed by atoms with Crippen LogP contribution < -0.4 is 10.3 Å². The number of nitrogens with one attached hydrogen (secondary N) is 1. The van der Waals surface area contributed by atoms with Gasteiger partial charge in [-0.05, 0) is 25.1 Å². The Kier molecular flexibility index (Phi) is 3.09. The molecule has 3 aromatic rings. The maximum atomic E-state index is 12.2. The Morgan fingerprint density at radius 3 is 2.95 bits per heavy atom. The van der Waals surface area contributed by atoms with Crippen LogP contribution in [0, 0.1) is 0 Å². The Balaban J connectivity index is 2.24. The van der Waals surface area contributed by atoms with Gasteiger partial charge in [-0.1, -0.05) is 0 Å². The molecule has 21 heavy (non-hydrogen) atoms. The van der Waals surface area contributed by atoms with E-state index in [2.05, 4.69) is 10.1 Å². The van der Waals surface area contributed by atoms with Gasteiger partial charge >= 0.3 is 5.97 Å². The smallest absolute Gasteiger partial charge is 0.325 e. The number of hydrogen-bond acceptors (Lipinski definition) is 4. The van der Waals surface area contributed by atoms with Crippen molar-refractivity contribution in [3.8, 4) is 5.75 Å². The number of aromatic amines is 1. The zero-order chi connectivity index (χ0) is 15.0. The maximum absolute atomic E-state index is 12.2. The molecule has 7 heteroatoms. The van der Waals surface area contributed by atoms with Gasteiger partial charge < -0.3 is 14.8 Å². The Morgan fingerprint density at radius 1 is 1.43 bits per heavy atom. The van der Waals surface area contributed by atoms with Crippen LogP contribution in [0.3, 0.4) is 0 Å². The lowest BCUT2D eigenvalue weighted by Gasteiger charge is -2.02. The summed E-state index contributed by atoms with van der Waals surface area (Å²) >= 11 is 0. The molecule has 0 atom stereocenters. The summed E-state index contributed by atoms with van der Waals surface area (Å²) < 4.78 is 6.36. The summed E-state index contributed by atoms with van der Waals surface area (Å²) in [4.78, 5) is 25.9.